The molecule has 5 heteroatoms. The lowest BCUT2D eigenvalue weighted by Gasteiger charge is -2.13. The van der Waals surface area contributed by atoms with Crippen molar-refractivity contribution in [3.63, 3.8) is 0 Å². The fourth-order valence-electron chi connectivity index (χ4n) is 2.05. The maximum absolute atomic E-state index is 8.90. The highest BCUT2D eigenvalue weighted by molar-refractivity contribution is 5.99. The predicted molar refractivity (Wildman–Crippen MR) is 82.1 cm³/mol. The van der Waals surface area contributed by atoms with Crippen LogP contribution in [0.4, 0.5) is 0 Å². The second-order valence-corrected chi connectivity index (χ2v) is 4.84. The Hall–Kier alpha value is -2.56. The van der Waals surface area contributed by atoms with Crippen molar-refractivity contribution >= 4 is 5.84 Å². The molecule has 1 heterocycles. The molecule has 2 rings (SSSR count). The lowest BCUT2D eigenvalue weighted by atomic mass is 10.1. The molecule has 0 saturated carbocycles. The molecule has 1 aromatic heterocycles. The lowest BCUT2D eigenvalue weighted by Crippen LogP contribution is -2.14. The number of pyridine rings is 1. The Morgan fingerprint density at radius 1 is 1.24 bits per heavy atom. The van der Waals surface area contributed by atoms with Crippen LogP contribution in [-0.4, -0.2) is 16.0 Å². The van der Waals surface area contributed by atoms with E-state index in [1.165, 1.54) is 0 Å². The molecule has 0 fully saturated rings. The number of hydrogen-bond acceptors (Lipinski definition) is 4. The summed E-state index contributed by atoms with van der Waals surface area (Å²) in [4.78, 5) is 4.46. The van der Waals surface area contributed by atoms with Crippen molar-refractivity contribution in [1.29, 1.82) is 0 Å². The van der Waals surface area contributed by atoms with Gasteiger partial charge in [0.2, 0.25) is 0 Å². The number of nitrogens with zero attached hydrogens (tertiary/aromatic N) is 2. The van der Waals surface area contributed by atoms with E-state index in [1.807, 2.05) is 51.1 Å². The number of amidine groups is 1. The summed E-state index contributed by atoms with van der Waals surface area (Å²) in [6, 6.07) is 9.32. The molecule has 21 heavy (non-hydrogen) atoms. The maximum Gasteiger partial charge on any atom is 0.173 e. The van der Waals surface area contributed by atoms with Gasteiger partial charge in [0.05, 0.1) is 11.3 Å². The lowest BCUT2D eigenvalue weighted by molar-refractivity contribution is 0.318. The standard InChI is InChI=1S/C16H19N3O2/c1-4-13-15(8-6-11(3)18-13)21-14-7-5-10(2)9-12(14)16(17)19-20/h5-9,20H,4H2,1-3H3,(H2,17,19). The maximum atomic E-state index is 8.90. The summed E-state index contributed by atoms with van der Waals surface area (Å²) in [6.45, 7) is 5.90. The van der Waals surface area contributed by atoms with E-state index >= 15 is 0 Å². The highest BCUT2D eigenvalue weighted by Gasteiger charge is 2.12. The molecule has 0 unspecified atom stereocenters. The number of aryl methyl sites for hydroxylation is 3. The molecule has 3 N–H and O–H groups in total. The number of oxime groups is 1. The first-order valence-corrected chi connectivity index (χ1v) is 6.78. The Morgan fingerprint density at radius 3 is 2.62 bits per heavy atom. The predicted octanol–water partition coefficient (Wildman–Crippen LogP) is 3.15. The molecule has 0 radical (unpaired) electrons. The normalized spacial score (nSPS) is 11.5. The quantitative estimate of drug-likeness (QED) is 0.391. The van der Waals surface area contributed by atoms with Gasteiger partial charge in [-0.25, -0.2) is 0 Å². The van der Waals surface area contributed by atoms with Crippen LogP contribution in [-0.2, 0) is 6.42 Å². The van der Waals surface area contributed by atoms with Crippen LogP contribution in [0, 0.1) is 13.8 Å². The first kappa shape index (κ1) is 14.8. The summed E-state index contributed by atoms with van der Waals surface area (Å²) in [7, 11) is 0. The fraction of sp³-hybridized carbons (Fsp3) is 0.250. The molecular weight excluding hydrogens is 266 g/mol. The highest BCUT2D eigenvalue weighted by atomic mass is 16.5. The molecular formula is C16H19N3O2. The summed E-state index contributed by atoms with van der Waals surface area (Å²) < 4.78 is 5.93. The number of benzene rings is 1. The molecule has 5 nitrogen and oxygen atoms in total. The fourth-order valence-corrected chi connectivity index (χ4v) is 2.05. The van der Waals surface area contributed by atoms with E-state index < -0.39 is 0 Å². The van der Waals surface area contributed by atoms with Crippen molar-refractivity contribution in [2.24, 2.45) is 10.9 Å². The smallest absolute Gasteiger partial charge is 0.173 e. The van der Waals surface area contributed by atoms with Crippen LogP contribution in [0.25, 0.3) is 0 Å². The van der Waals surface area contributed by atoms with Gasteiger partial charge in [0.1, 0.15) is 11.5 Å². The number of nitrogens with two attached hydrogens (primary N) is 1. The van der Waals surface area contributed by atoms with Crippen LogP contribution in [0.5, 0.6) is 11.5 Å². The molecule has 0 atom stereocenters. The van der Waals surface area contributed by atoms with Crippen molar-refractivity contribution in [3.8, 4) is 11.5 Å². The number of hydrogen-bond donors (Lipinski definition) is 2. The van der Waals surface area contributed by atoms with Crippen LogP contribution >= 0.6 is 0 Å². The van der Waals surface area contributed by atoms with E-state index in [1.54, 1.807) is 0 Å². The molecule has 2 aromatic rings. The second-order valence-electron chi connectivity index (χ2n) is 4.84. The van der Waals surface area contributed by atoms with Gasteiger partial charge in [-0.15, -0.1) is 0 Å². The van der Waals surface area contributed by atoms with Gasteiger partial charge in [-0.2, -0.15) is 0 Å². The van der Waals surface area contributed by atoms with Gasteiger partial charge in [-0.05, 0) is 44.5 Å². The minimum atomic E-state index is 0.0202. The Labute approximate surface area is 124 Å². The first-order chi connectivity index (χ1) is 10.0. The Morgan fingerprint density at radius 2 is 1.95 bits per heavy atom. The zero-order chi connectivity index (χ0) is 15.4. The van der Waals surface area contributed by atoms with Gasteiger partial charge in [0, 0.05) is 5.69 Å². The SMILES string of the molecule is CCc1nc(C)ccc1Oc1ccc(C)cc1/C(N)=N/O. The van der Waals surface area contributed by atoms with Crippen LogP contribution in [0.2, 0.25) is 0 Å². The average Bonchev–Trinajstić information content (AvgIpc) is 2.49. The Balaban J connectivity index is 2.45. The van der Waals surface area contributed by atoms with Crippen LogP contribution < -0.4 is 10.5 Å². The Bertz CT molecular complexity index is 681. The largest absolute Gasteiger partial charge is 0.455 e. The monoisotopic (exact) mass is 285 g/mol. The minimum absolute atomic E-state index is 0.0202. The van der Waals surface area contributed by atoms with E-state index in [9.17, 15) is 0 Å². The van der Waals surface area contributed by atoms with E-state index in [2.05, 4.69) is 10.1 Å². The van der Waals surface area contributed by atoms with E-state index in [4.69, 9.17) is 15.7 Å². The summed E-state index contributed by atoms with van der Waals surface area (Å²) in [5.41, 5.74) is 9.09. The summed E-state index contributed by atoms with van der Waals surface area (Å²) in [5.74, 6) is 1.24. The van der Waals surface area contributed by atoms with Gasteiger partial charge < -0.3 is 15.7 Å². The number of ether oxygens (including phenoxy) is 1. The van der Waals surface area contributed by atoms with E-state index in [-0.39, 0.29) is 5.84 Å². The van der Waals surface area contributed by atoms with Gasteiger partial charge in [-0.1, -0.05) is 23.7 Å². The summed E-state index contributed by atoms with van der Waals surface area (Å²) >= 11 is 0. The number of rotatable bonds is 4. The molecule has 0 aliphatic carbocycles. The zero-order valence-electron chi connectivity index (χ0n) is 12.4. The van der Waals surface area contributed by atoms with E-state index in [0.29, 0.717) is 17.1 Å². The van der Waals surface area contributed by atoms with Gasteiger partial charge in [0.15, 0.2) is 5.84 Å². The van der Waals surface area contributed by atoms with Crippen LogP contribution in [0.3, 0.4) is 0 Å². The molecule has 110 valence electrons. The van der Waals surface area contributed by atoms with Gasteiger partial charge in [-0.3, -0.25) is 4.98 Å². The van der Waals surface area contributed by atoms with Crippen molar-refractivity contribution < 1.29 is 9.94 Å². The topological polar surface area (TPSA) is 80.7 Å². The molecule has 1 aromatic carbocycles. The third kappa shape index (κ3) is 3.31. The molecule has 0 aliphatic rings. The molecule has 0 bridgehead atoms. The van der Waals surface area contributed by atoms with Crippen LogP contribution in [0.1, 0.15) is 29.4 Å². The molecule has 0 spiro atoms. The molecule has 0 aliphatic heterocycles. The van der Waals surface area contributed by atoms with Crippen molar-refractivity contribution in [1.82, 2.24) is 4.98 Å². The molecule has 0 amide bonds. The van der Waals surface area contributed by atoms with Gasteiger partial charge in [0.25, 0.3) is 0 Å². The van der Waals surface area contributed by atoms with Crippen LogP contribution in [0.15, 0.2) is 35.5 Å². The van der Waals surface area contributed by atoms with Crippen molar-refractivity contribution in [3.05, 3.63) is 52.8 Å². The summed E-state index contributed by atoms with van der Waals surface area (Å²) in [6.07, 6.45) is 0.766. The average molecular weight is 285 g/mol. The third-order valence-corrected chi connectivity index (χ3v) is 3.15. The molecule has 0 saturated heterocycles. The number of aromatic nitrogens is 1. The van der Waals surface area contributed by atoms with E-state index in [0.717, 1.165) is 23.4 Å². The third-order valence-electron chi connectivity index (χ3n) is 3.15. The van der Waals surface area contributed by atoms with Gasteiger partial charge >= 0.3 is 0 Å². The van der Waals surface area contributed by atoms with Crippen molar-refractivity contribution in [2.45, 2.75) is 27.2 Å². The minimum Gasteiger partial charge on any atom is -0.455 e. The highest BCUT2D eigenvalue weighted by Crippen LogP contribution is 2.28. The zero-order valence-corrected chi connectivity index (χ0v) is 12.4. The first-order valence-electron chi connectivity index (χ1n) is 6.78. The summed E-state index contributed by atoms with van der Waals surface area (Å²) in [5, 5.41) is 12.0. The second kappa shape index (κ2) is 6.26. The van der Waals surface area contributed by atoms with Crippen molar-refractivity contribution in [2.75, 3.05) is 0 Å². The Kier molecular flexibility index (Phi) is 4.42.